The lowest BCUT2D eigenvalue weighted by molar-refractivity contribution is -0.0545. The van der Waals surface area contributed by atoms with Crippen molar-refractivity contribution in [2.24, 2.45) is 0 Å². The Morgan fingerprint density at radius 1 is 1.33 bits per heavy atom. The van der Waals surface area contributed by atoms with Gasteiger partial charge in [-0.05, 0) is 37.6 Å². The average Bonchev–Trinajstić information content (AvgIpc) is 3.26. The summed E-state index contributed by atoms with van der Waals surface area (Å²) in [6, 6.07) is 6.17. The molecule has 24 heavy (non-hydrogen) atoms. The molecular formula is C18H24N4O2. The second kappa shape index (κ2) is 6.53. The van der Waals surface area contributed by atoms with Gasteiger partial charge in [0.2, 0.25) is 5.95 Å². The Balaban J connectivity index is 1.41. The van der Waals surface area contributed by atoms with Crippen LogP contribution in [-0.4, -0.2) is 53.3 Å². The topological polar surface area (TPSA) is 54.6 Å². The number of hydrogen-bond acceptors (Lipinski definition) is 6. The van der Waals surface area contributed by atoms with E-state index in [0.717, 1.165) is 50.8 Å². The molecule has 4 rings (SSSR count). The van der Waals surface area contributed by atoms with Gasteiger partial charge < -0.3 is 14.1 Å². The van der Waals surface area contributed by atoms with Crippen molar-refractivity contribution in [1.29, 1.82) is 0 Å². The number of furan rings is 1. The van der Waals surface area contributed by atoms with Crippen LogP contribution in [0.2, 0.25) is 0 Å². The van der Waals surface area contributed by atoms with E-state index < -0.39 is 0 Å². The van der Waals surface area contributed by atoms with Gasteiger partial charge in [0.1, 0.15) is 5.76 Å². The lowest BCUT2D eigenvalue weighted by Gasteiger charge is -2.39. The summed E-state index contributed by atoms with van der Waals surface area (Å²) in [7, 11) is 2.06. The molecule has 0 aliphatic carbocycles. The van der Waals surface area contributed by atoms with Gasteiger partial charge in [0.15, 0.2) is 0 Å². The molecule has 2 fully saturated rings. The molecule has 0 saturated carbocycles. The lowest BCUT2D eigenvalue weighted by Crippen LogP contribution is -2.48. The van der Waals surface area contributed by atoms with Crippen LogP contribution in [0.15, 0.2) is 41.3 Å². The van der Waals surface area contributed by atoms with Gasteiger partial charge in [0.25, 0.3) is 0 Å². The number of ether oxygens (including phenoxy) is 1. The summed E-state index contributed by atoms with van der Waals surface area (Å²) in [5.41, 5.74) is -0.0431. The van der Waals surface area contributed by atoms with Crippen molar-refractivity contribution < 1.29 is 9.15 Å². The summed E-state index contributed by atoms with van der Waals surface area (Å²) in [6.07, 6.45) is 8.63. The van der Waals surface area contributed by atoms with Gasteiger partial charge in [-0.1, -0.05) is 0 Å². The van der Waals surface area contributed by atoms with Crippen LogP contribution in [0.4, 0.5) is 5.95 Å². The largest absolute Gasteiger partial charge is 0.468 e. The molecule has 2 aromatic heterocycles. The van der Waals surface area contributed by atoms with E-state index in [1.165, 1.54) is 6.42 Å². The van der Waals surface area contributed by atoms with Crippen LogP contribution in [0.5, 0.6) is 0 Å². The monoisotopic (exact) mass is 328 g/mol. The molecule has 6 heteroatoms. The fourth-order valence-corrected chi connectivity index (χ4v) is 3.94. The predicted molar refractivity (Wildman–Crippen MR) is 90.7 cm³/mol. The van der Waals surface area contributed by atoms with Gasteiger partial charge in [-0.15, -0.1) is 0 Å². The standard InChI is InChI=1S/C18H24N4O2/c1-21(17-19-7-4-8-20-17)15-11-18(24-13-15)6-3-9-22(14-18)12-16-5-2-10-23-16/h2,4-5,7-8,10,15H,3,6,9,11-14H2,1H3/t15-,18-/m1/s1. The third-order valence-electron chi connectivity index (χ3n) is 5.18. The first-order valence-electron chi connectivity index (χ1n) is 8.63. The molecule has 128 valence electrons. The molecule has 6 nitrogen and oxygen atoms in total. The van der Waals surface area contributed by atoms with Crippen LogP contribution in [0.3, 0.4) is 0 Å². The van der Waals surface area contributed by atoms with Crippen molar-refractivity contribution in [3.05, 3.63) is 42.6 Å². The van der Waals surface area contributed by atoms with Crippen molar-refractivity contribution in [3.8, 4) is 0 Å². The number of likely N-dealkylation sites (tertiary alicyclic amines) is 1. The summed E-state index contributed by atoms with van der Waals surface area (Å²) < 4.78 is 11.8. The number of rotatable bonds is 4. The van der Waals surface area contributed by atoms with E-state index >= 15 is 0 Å². The number of likely N-dealkylation sites (N-methyl/N-ethyl adjacent to an activating group) is 1. The Hall–Kier alpha value is -1.92. The highest BCUT2D eigenvalue weighted by Crippen LogP contribution is 2.37. The molecule has 4 heterocycles. The van der Waals surface area contributed by atoms with Crippen molar-refractivity contribution in [1.82, 2.24) is 14.9 Å². The summed E-state index contributed by atoms with van der Waals surface area (Å²) >= 11 is 0. The Labute approximate surface area is 142 Å². The van der Waals surface area contributed by atoms with E-state index in [9.17, 15) is 0 Å². The van der Waals surface area contributed by atoms with Crippen LogP contribution in [0, 0.1) is 0 Å². The summed E-state index contributed by atoms with van der Waals surface area (Å²) in [4.78, 5) is 13.3. The Bertz CT molecular complexity index is 648. The van der Waals surface area contributed by atoms with E-state index in [4.69, 9.17) is 9.15 Å². The first-order valence-corrected chi connectivity index (χ1v) is 8.63. The van der Waals surface area contributed by atoms with Crippen molar-refractivity contribution >= 4 is 5.95 Å². The molecule has 0 unspecified atom stereocenters. The van der Waals surface area contributed by atoms with E-state index in [-0.39, 0.29) is 5.60 Å². The molecule has 0 N–H and O–H groups in total. The number of piperidine rings is 1. The maximum atomic E-state index is 6.32. The SMILES string of the molecule is CN(c1ncccn1)[C@H]1CO[C@]2(CCCN(Cc3ccco3)C2)C1. The number of nitrogens with zero attached hydrogens (tertiary/aromatic N) is 4. The second-order valence-electron chi connectivity index (χ2n) is 6.91. The van der Waals surface area contributed by atoms with Crippen LogP contribution >= 0.6 is 0 Å². The second-order valence-corrected chi connectivity index (χ2v) is 6.91. The van der Waals surface area contributed by atoms with E-state index in [0.29, 0.717) is 6.04 Å². The molecule has 2 saturated heterocycles. The fourth-order valence-electron chi connectivity index (χ4n) is 3.94. The minimum absolute atomic E-state index is 0.0431. The van der Waals surface area contributed by atoms with Crippen molar-refractivity contribution in [2.45, 2.75) is 37.5 Å². The van der Waals surface area contributed by atoms with E-state index in [1.807, 2.05) is 18.2 Å². The van der Waals surface area contributed by atoms with Crippen LogP contribution < -0.4 is 4.90 Å². The Kier molecular flexibility index (Phi) is 4.24. The molecule has 0 amide bonds. The maximum Gasteiger partial charge on any atom is 0.225 e. The minimum Gasteiger partial charge on any atom is -0.468 e. The zero-order valence-electron chi connectivity index (χ0n) is 14.1. The maximum absolute atomic E-state index is 6.32. The number of hydrogen-bond donors (Lipinski definition) is 0. The normalized spacial score (nSPS) is 27.6. The van der Waals surface area contributed by atoms with Gasteiger partial charge in [0, 0.05) is 32.4 Å². The zero-order valence-corrected chi connectivity index (χ0v) is 14.1. The molecule has 2 aromatic rings. The van der Waals surface area contributed by atoms with Crippen molar-refractivity contribution in [2.75, 3.05) is 31.6 Å². The molecule has 0 radical (unpaired) electrons. The fraction of sp³-hybridized carbons (Fsp3) is 0.556. The van der Waals surface area contributed by atoms with Crippen LogP contribution in [0.25, 0.3) is 0 Å². The predicted octanol–water partition coefficient (Wildman–Crippen LogP) is 2.33. The van der Waals surface area contributed by atoms with Gasteiger partial charge in [-0.3, -0.25) is 4.90 Å². The smallest absolute Gasteiger partial charge is 0.225 e. The highest BCUT2D eigenvalue weighted by Gasteiger charge is 2.45. The summed E-state index contributed by atoms with van der Waals surface area (Å²) in [6.45, 7) is 3.67. The number of aromatic nitrogens is 2. The Morgan fingerprint density at radius 2 is 2.21 bits per heavy atom. The third kappa shape index (κ3) is 3.16. The highest BCUT2D eigenvalue weighted by atomic mass is 16.5. The molecule has 1 spiro atoms. The summed E-state index contributed by atoms with van der Waals surface area (Å²) in [5, 5.41) is 0. The number of anilines is 1. The molecule has 2 atom stereocenters. The lowest BCUT2D eigenvalue weighted by atomic mass is 9.88. The quantitative estimate of drug-likeness (QED) is 0.859. The Morgan fingerprint density at radius 3 is 3.00 bits per heavy atom. The van der Waals surface area contributed by atoms with Crippen molar-refractivity contribution in [3.63, 3.8) is 0 Å². The average molecular weight is 328 g/mol. The van der Waals surface area contributed by atoms with Gasteiger partial charge in [0.05, 0.1) is 31.1 Å². The van der Waals surface area contributed by atoms with Gasteiger partial charge >= 0.3 is 0 Å². The zero-order chi connectivity index (χ0) is 16.4. The van der Waals surface area contributed by atoms with E-state index in [2.05, 4.69) is 26.8 Å². The summed E-state index contributed by atoms with van der Waals surface area (Å²) in [5.74, 6) is 1.79. The van der Waals surface area contributed by atoms with E-state index in [1.54, 1.807) is 18.7 Å². The first kappa shape index (κ1) is 15.6. The van der Waals surface area contributed by atoms with Gasteiger partial charge in [-0.2, -0.15) is 0 Å². The first-order chi connectivity index (χ1) is 11.7. The van der Waals surface area contributed by atoms with Crippen LogP contribution in [-0.2, 0) is 11.3 Å². The molecule has 0 aromatic carbocycles. The third-order valence-corrected chi connectivity index (χ3v) is 5.18. The molecule has 2 aliphatic heterocycles. The highest BCUT2D eigenvalue weighted by molar-refractivity contribution is 5.30. The van der Waals surface area contributed by atoms with Gasteiger partial charge in [-0.25, -0.2) is 9.97 Å². The molecular weight excluding hydrogens is 304 g/mol. The molecule has 2 aliphatic rings. The van der Waals surface area contributed by atoms with Crippen LogP contribution in [0.1, 0.15) is 25.0 Å². The molecule has 0 bridgehead atoms. The minimum atomic E-state index is -0.0431.